The van der Waals surface area contributed by atoms with Crippen LogP contribution in [0.2, 0.25) is 0 Å². The van der Waals surface area contributed by atoms with Gasteiger partial charge in [-0.25, -0.2) is 0 Å². The first kappa shape index (κ1) is 9.51. The Hall–Kier alpha value is -0.0400. The number of hydrogen-bond donors (Lipinski definition) is 0. The zero-order valence-corrected chi connectivity index (χ0v) is 9.13. The van der Waals surface area contributed by atoms with Crippen LogP contribution in [0.15, 0.2) is 0 Å². The molecule has 3 atom stereocenters. The minimum Gasteiger partial charge on any atom is -0.303 e. The van der Waals surface area contributed by atoms with E-state index in [0.29, 0.717) is 0 Å². The summed E-state index contributed by atoms with van der Waals surface area (Å²) in [5.41, 5.74) is 0. The predicted octanol–water partition coefficient (Wildman–Crippen LogP) is 3.01. The Morgan fingerprint density at radius 1 is 1.23 bits per heavy atom. The fraction of sp³-hybridized carbons (Fsp3) is 1.00. The molecule has 0 amide bonds. The molecular formula is C12H25N. The number of piperidine rings is 1. The van der Waals surface area contributed by atoms with Crippen molar-refractivity contribution in [2.75, 3.05) is 19.6 Å². The van der Waals surface area contributed by atoms with Gasteiger partial charge in [-0.15, -0.1) is 0 Å². The standard InChI is InChI=1S/C12H23N.H2/c1-3-13-8-10(2)12-7-5-4-6-11(12)9-13;/h10-12H,3-9H2,1-2H3;1H/t10-,11?,12+;/m0./s1. The van der Waals surface area contributed by atoms with Crippen molar-refractivity contribution >= 4 is 0 Å². The average Bonchev–Trinajstić information content (AvgIpc) is 2.18. The summed E-state index contributed by atoms with van der Waals surface area (Å²) in [7, 11) is 0. The Morgan fingerprint density at radius 2 is 2.00 bits per heavy atom. The lowest BCUT2D eigenvalue weighted by Gasteiger charge is -2.45. The maximum Gasteiger partial charge on any atom is 0.00124 e. The summed E-state index contributed by atoms with van der Waals surface area (Å²) < 4.78 is 0. The van der Waals surface area contributed by atoms with E-state index in [1.165, 1.54) is 45.3 Å². The van der Waals surface area contributed by atoms with Crippen molar-refractivity contribution in [2.24, 2.45) is 17.8 Å². The topological polar surface area (TPSA) is 3.24 Å². The molecule has 1 heteroatoms. The van der Waals surface area contributed by atoms with Gasteiger partial charge < -0.3 is 4.90 Å². The minimum atomic E-state index is 0. The molecule has 0 radical (unpaired) electrons. The number of nitrogens with zero attached hydrogens (tertiary/aromatic N) is 1. The quantitative estimate of drug-likeness (QED) is 0.604. The molecule has 0 aromatic heterocycles. The van der Waals surface area contributed by atoms with Crippen LogP contribution in [0.5, 0.6) is 0 Å². The van der Waals surface area contributed by atoms with E-state index in [0.717, 1.165) is 17.8 Å². The first-order valence-electron chi connectivity index (χ1n) is 6.03. The molecule has 1 unspecified atom stereocenters. The van der Waals surface area contributed by atoms with Crippen molar-refractivity contribution in [3.63, 3.8) is 0 Å². The highest BCUT2D eigenvalue weighted by molar-refractivity contribution is 4.86. The van der Waals surface area contributed by atoms with Gasteiger partial charge in [0.2, 0.25) is 0 Å². The van der Waals surface area contributed by atoms with Gasteiger partial charge in [-0.05, 0) is 37.1 Å². The van der Waals surface area contributed by atoms with E-state index < -0.39 is 0 Å². The second-order valence-electron chi connectivity index (χ2n) is 5.04. The van der Waals surface area contributed by atoms with E-state index in [1.807, 2.05) is 0 Å². The Balaban J connectivity index is 0.000000980. The minimum absolute atomic E-state index is 0. The average molecular weight is 183 g/mol. The largest absolute Gasteiger partial charge is 0.303 e. The summed E-state index contributed by atoms with van der Waals surface area (Å²) in [6, 6.07) is 0. The molecule has 1 heterocycles. The fourth-order valence-electron chi connectivity index (χ4n) is 3.42. The van der Waals surface area contributed by atoms with Gasteiger partial charge >= 0.3 is 0 Å². The van der Waals surface area contributed by atoms with Crippen LogP contribution in [0.4, 0.5) is 0 Å². The summed E-state index contributed by atoms with van der Waals surface area (Å²) in [4.78, 5) is 2.65. The maximum atomic E-state index is 2.65. The molecule has 0 spiro atoms. The number of likely N-dealkylation sites (tertiary alicyclic amines) is 1. The third-order valence-corrected chi connectivity index (χ3v) is 4.18. The fourth-order valence-corrected chi connectivity index (χ4v) is 3.42. The Kier molecular flexibility index (Phi) is 2.92. The Bertz CT molecular complexity index is 172. The molecule has 2 fully saturated rings. The molecule has 2 rings (SSSR count). The third kappa shape index (κ3) is 1.90. The van der Waals surface area contributed by atoms with Crippen LogP contribution in [0.25, 0.3) is 0 Å². The highest BCUT2D eigenvalue weighted by Crippen LogP contribution is 2.38. The lowest BCUT2D eigenvalue weighted by Crippen LogP contribution is -2.46. The smallest absolute Gasteiger partial charge is 0.00124 e. The van der Waals surface area contributed by atoms with Crippen molar-refractivity contribution < 1.29 is 1.43 Å². The highest BCUT2D eigenvalue weighted by atomic mass is 15.1. The maximum absolute atomic E-state index is 2.65. The number of rotatable bonds is 1. The predicted molar refractivity (Wildman–Crippen MR) is 58.8 cm³/mol. The van der Waals surface area contributed by atoms with E-state index in [9.17, 15) is 0 Å². The van der Waals surface area contributed by atoms with Gasteiger partial charge in [-0.1, -0.05) is 26.7 Å². The molecule has 0 aromatic rings. The molecule has 78 valence electrons. The highest BCUT2D eigenvalue weighted by Gasteiger charge is 2.34. The summed E-state index contributed by atoms with van der Waals surface area (Å²) in [6.07, 6.45) is 6.01. The summed E-state index contributed by atoms with van der Waals surface area (Å²) >= 11 is 0. The molecule has 0 aromatic carbocycles. The molecule has 0 bridgehead atoms. The van der Waals surface area contributed by atoms with E-state index in [1.54, 1.807) is 0 Å². The Labute approximate surface area is 84.0 Å². The van der Waals surface area contributed by atoms with E-state index in [2.05, 4.69) is 18.7 Å². The second kappa shape index (κ2) is 4.00. The van der Waals surface area contributed by atoms with Gasteiger partial charge in [0.1, 0.15) is 0 Å². The molecule has 1 aliphatic heterocycles. The molecule has 1 saturated carbocycles. The molecule has 2 aliphatic rings. The van der Waals surface area contributed by atoms with E-state index in [4.69, 9.17) is 0 Å². The SMILES string of the molecule is CCN1CC2CCCC[C@@H]2[C@@H](C)C1.[HH]. The van der Waals surface area contributed by atoms with Crippen LogP contribution in [0.1, 0.15) is 41.0 Å². The van der Waals surface area contributed by atoms with Crippen LogP contribution < -0.4 is 0 Å². The molecule has 13 heavy (non-hydrogen) atoms. The van der Waals surface area contributed by atoms with Gasteiger partial charge in [0.25, 0.3) is 0 Å². The zero-order valence-electron chi connectivity index (χ0n) is 9.13. The van der Waals surface area contributed by atoms with Crippen molar-refractivity contribution in [1.29, 1.82) is 0 Å². The molecule has 0 N–H and O–H groups in total. The lowest BCUT2D eigenvalue weighted by molar-refractivity contribution is 0.0445. The monoisotopic (exact) mass is 183 g/mol. The number of fused-ring (bicyclic) bond motifs is 1. The van der Waals surface area contributed by atoms with Gasteiger partial charge in [-0.2, -0.15) is 0 Å². The van der Waals surface area contributed by atoms with Crippen molar-refractivity contribution in [2.45, 2.75) is 39.5 Å². The molecule has 1 aliphatic carbocycles. The van der Waals surface area contributed by atoms with Gasteiger partial charge in [-0.3, -0.25) is 0 Å². The molecule has 1 saturated heterocycles. The zero-order chi connectivity index (χ0) is 9.26. The van der Waals surface area contributed by atoms with Crippen LogP contribution in [-0.4, -0.2) is 24.5 Å². The summed E-state index contributed by atoms with van der Waals surface area (Å²) in [5.74, 6) is 3.06. The second-order valence-corrected chi connectivity index (χ2v) is 5.04. The lowest BCUT2D eigenvalue weighted by atomic mass is 9.70. The summed E-state index contributed by atoms with van der Waals surface area (Å²) in [5, 5.41) is 0. The Morgan fingerprint density at radius 3 is 2.77 bits per heavy atom. The third-order valence-electron chi connectivity index (χ3n) is 4.18. The normalized spacial score (nSPS) is 41.5. The molecular weight excluding hydrogens is 158 g/mol. The van der Waals surface area contributed by atoms with Crippen LogP contribution >= 0.6 is 0 Å². The first-order valence-corrected chi connectivity index (χ1v) is 6.03. The summed E-state index contributed by atoms with van der Waals surface area (Å²) in [6.45, 7) is 8.78. The van der Waals surface area contributed by atoms with E-state index in [-0.39, 0.29) is 1.43 Å². The van der Waals surface area contributed by atoms with E-state index >= 15 is 0 Å². The van der Waals surface area contributed by atoms with Crippen LogP contribution in [0, 0.1) is 17.8 Å². The van der Waals surface area contributed by atoms with Crippen molar-refractivity contribution in [3.05, 3.63) is 0 Å². The van der Waals surface area contributed by atoms with Gasteiger partial charge in [0.15, 0.2) is 0 Å². The van der Waals surface area contributed by atoms with Gasteiger partial charge in [0, 0.05) is 14.5 Å². The van der Waals surface area contributed by atoms with Gasteiger partial charge in [0.05, 0.1) is 0 Å². The number of hydrogen-bond acceptors (Lipinski definition) is 1. The molecule has 1 nitrogen and oxygen atoms in total. The van der Waals surface area contributed by atoms with Crippen molar-refractivity contribution in [3.8, 4) is 0 Å². The van der Waals surface area contributed by atoms with Crippen molar-refractivity contribution in [1.82, 2.24) is 4.90 Å². The van der Waals surface area contributed by atoms with Crippen LogP contribution in [-0.2, 0) is 0 Å². The van der Waals surface area contributed by atoms with Crippen LogP contribution in [0.3, 0.4) is 0 Å². The first-order chi connectivity index (χ1) is 6.31.